The molecule has 0 aromatic heterocycles. The average molecular weight is 294 g/mol. The molecule has 0 radical (unpaired) electrons. The first-order valence-electron chi connectivity index (χ1n) is 7.69. The minimum Gasteiger partial charge on any atom is -0.293 e. The molecule has 1 fully saturated rings. The molecule has 2 aliphatic rings. The topological polar surface area (TPSA) is 20.3 Å². The Hall–Kier alpha value is -0.860. The van der Waals surface area contributed by atoms with Crippen LogP contribution in [0, 0.1) is 0 Å². The van der Waals surface area contributed by atoms with Crippen molar-refractivity contribution in [1.29, 1.82) is 0 Å². The van der Waals surface area contributed by atoms with Gasteiger partial charge in [0.1, 0.15) is 0 Å². The zero-order valence-corrected chi connectivity index (χ0v) is 13.0. The van der Waals surface area contributed by atoms with Crippen molar-refractivity contribution < 1.29 is 4.79 Å². The molecule has 0 bridgehead atoms. The van der Waals surface area contributed by atoms with Crippen LogP contribution in [0.25, 0.3) is 0 Å². The molecule has 3 heteroatoms. The number of hydrogen-bond acceptors (Lipinski definition) is 2. The van der Waals surface area contributed by atoms with Crippen molar-refractivity contribution in [3.05, 3.63) is 34.9 Å². The van der Waals surface area contributed by atoms with Gasteiger partial charge in [-0.15, -0.1) is 12.4 Å². The van der Waals surface area contributed by atoms with Crippen LogP contribution in [0.2, 0.25) is 0 Å². The van der Waals surface area contributed by atoms with Crippen LogP contribution < -0.4 is 0 Å². The van der Waals surface area contributed by atoms with Gasteiger partial charge in [0, 0.05) is 5.56 Å². The molecule has 20 heavy (non-hydrogen) atoms. The minimum absolute atomic E-state index is 0. The summed E-state index contributed by atoms with van der Waals surface area (Å²) in [6.45, 7) is 4.32. The molecule has 0 saturated carbocycles. The molecule has 1 atom stereocenters. The van der Waals surface area contributed by atoms with Crippen molar-refractivity contribution in [2.24, 2.45) is 0 Å². The molecule has 0 N–H and O–H groups in total. The first kappa shape index (κ1) is 15.5. The van der Waals surface area contributed by atoms with Gasteiger partial charge in [0.25, 0.3) is 0 Å². The Bertz CT molecular complexity index is 480. The van der Waals surface area contributed by atoms with E-state index in [9.17, 15) is 4.79 Å². The third kappa shape index (κ3) is 2.91. The molecule has 1 heterocycles. The lowest BCUT2D eigenvalue weighted by atomic mass is 9.97. The summed E-state index contributed by atoms with van der Waals surface area (Å²) < 4.78 is 0. The molecule has 1 aromatic carbocycles. The van der Waals surface area contributed by atoms with Crippen molar-refractivity contribution >= 4 is 18.2 Å². The molecule has 0 spiro atoms. The summed E-state index contributed by atoms with van der Waals surface area (Å²) in [5.74, 6) is 0.333. The lowest BCUT2D eigenvalue weighted by molar-refractivity contribution is 0.0844. The first-order chi connectivity index (χ1) is 9.29. The SMILES string of the molecule is CCC(C(=O)c1ccc2c(c1)CCC2)N1CCCC1.Cl. The molecular formula is C17H24ClNO. The maximum absolute atomic E-state index is 12.7. The van der Waals surface area contributed by atoms with E-state index in [4.69, 9.17) is 0 Å². The summed E-state index contributed by atoms with van der Waals surface area (Å²) in [6.07, 6.45) is 7.00. The predicted molar refractivity (Wildman–Crippen MR) is 84.9 cm³/mol. The van der Waals surface area contributed by atoms with Gasteiger partial charge in [-0.1, -0.05) is 19.1 Å². The van der Waals surface area contributed by atoms with E-state index >= 15 is 0 Å². The van der Waals surface area contributed by atoms with Gasteiger partial charge in [0.05, 0.1) is 6.04 Å². The second-order valence-corrected chi connectivity index (χ2v) is 5.87. The third-order valence-electron chi connectivity index (χ3n) is 4.65. The van der Waals surface area contributed by atoms with Crippen LogP contribution in [-0.2, 0) is 12.8 Å². The van der Waals surface area contributed by atoms with Gasteiger partial charge in [-0.2, -0.15) is 0 Å². The number of benzene rings is 1. The van der Waals surface area contributed by atoms with E-state index < -0.39 is 0 Å². The minimum atomic E-state index is 0. The van der Waals surface area contributed by atoms with Crippen LogP contribution in [0.1, 0.15) is 54.1 Å². The normalized spacial score (nSPS) is 19.4. The summed E-state index contributed by atoms with van der Waals surface area (Å²) in [5.41, 5.74) is 3.78. The number of carbonyl (C=O) groups excluding carboxylic acids is 1. The number of rotatable bonds is 4. The number of fused-ring (bicyclic) bond motifs is 1. The van der Waals surface area contributed by atoms with Gasteiger partial charge in [-0.05, 0) is 68.8 Å². The molecule has 1 saturated heterocycles. The Labute approximate surface area is 128 Å². The monoisotopic (exact) mass is 293 g/mol. The number of halogens is 1. The second kappa shape index (κ2) is 6.73. The Morgan fingerprint density at radius 3 is 2.55 bits per heavy atom. The molecule has 0 amide bonds. The van der Waals surface area contributed by atoms with E-state index in [1.807, 2.05) is 6.07 Å². The highest BCUT2D eigenvalue weighted by Crippen LogP contribution is 2.25. The van der Waals surface area contributed by atoms with Crippen molar-refractivity contribution in [1.82, 2.24) is 4.90 Å². The fourth-order valence-corrected chi connectivity index (χ4v) is 3.58. The lowest BCUT2D eigenvalue weighted by Gasteiger charge is -2.25. The predicted octanol–water partition coefficient (Wildman–Crippen LogP) is 3.65. The smallest absolute Gasteiger partial charge is 0.179 e. The van der Waals surface area contributed by atoms with Crippen LogP contribution in [0.15, 0.2) is 18.2 Å². The highest BCUT2D eigenvalue weighted by atomic mass is 35.5. The highest BCUT2D eigenvalue weighted by molar-refractivity contribution is 6.00. The number of likely N-dealkylation sites (tertiary alicyclic amines) is 1. The fourth-order valence-electron chi connectivity index (χ4n) is 3.58. The van der Waals surface area contributed by atoms with Crippen LogP contribution >= 0.6 is 12.4 Å². The average Bonchev–Trinajstić information content (AvgIpc) is 3.09. The van der Waals surface area contributed by atoms with Crippen molar-refractivity contribution in [3.8, 4) is 0 Å². The van der Waals surface area contributed by atoms with Crippen LogP contribution in [0.3, 0.4) is 0 Å². The Morgan fingerprint density at radius 1 is 1.15 bits per heavy atom. The summed E-state index contributed by atoms with van der Waals surface area (Å²) >= 11 is 0. The van der Waals surface area contributed by atoms with Crippen LogP contribution in [0.5, 0.6) is 0 Å². The summed E-state index contributed by atoms with van der Waals surface area (Å²) in [6, 6.07) is 6.47. The van der Waals surface area contributed by atoms with E-state index in [1.165, 1.54) is 36.8 Å². The van der Waals surface area contributed by atoms with Crippen molar-refractivity contribution in [2.45, 2.75) is 51.5 Å². The maximum atomic E-state index is 12.7. The number of carbonyl (C=O) groups is 1. The van der Waals surface area contributed by atoms with Crippen LogP contribution in [-0.4, -0.2) is 29.8 Å². The number of hydrogen-bond donors (Lipinski definition) is 0. The molecule has 1 unspecified atom stereocenters. The van der Waals surface area contributed by atoms with Gasteiger partial charge in [-0.25, -0.2) is 0 Å². The Morgan fingerprint density at radius 2 is 1.85 bits per heavy atom. The van der Waals surface area contributed by atoms with E-state index in [-0.39, 0.29) is 18.4 Å². The van der Waals surface area contributed by atoms with Crippen molar-refractivity contribution in [2.75, 3.05) is 13.1 Å². The molecule has 2 nitrogen and oxygen atoms in total. The third-order valence-corrected chi connectivity index (χ3v) is 4.65. The van der Waals surface area contributed by atoms with Crippen LogP contribution in [0.4, 0.5) is 0 Å². The van der Waals surface area contributed by atoms with E-state index in [1.54, 1.807) is 0 Å². The van der Waals surface area contributed by atoms with E-state index in [0.717, 1.165) is 31.5 Å². The van der Waals surface area contributed by atoms with Gasteiger partial charge in [0.15, 0.2) is 5.78 Å². The molecule has 1 aliphatic carbocycles. The summed E-state index contributed by atoms with van der Waals surface area (Å²) in [5, 5.41) is 0. The van der Waals surface area contributed by atoms with E-state index in [2.05, 4.69) is 24.0 Å². The van der Waals surface area contributed by atoms with Gasteiger partial charge in [-0.3, -0.25) is 9.69 Å². The quantitative estimate of drug-likeness (QED) is 0.790. The first-order valence-corrected chi connectivity index (χ1v) is 7.69. The molecular weight excluding hydrogens is 270 g/mol. The number of ketones is 1. The molecule has 1 aromatic rings. The van der Waals surface area contributed by atoms with Gasteiger partial charge in [0.2, 0.25) is 0 Å². The lowest BCUT2D eigenvalue weighted by Crippen LogP contribution is -2.38. The largest absolute Gasteiger partial charge is 0.293 e. The fraction of sp³-hybridized carbons (Fsp3) is 0.588. The zero-order valence-electron chi connectivity index (χ0n) is 12.2. The van der Waals surface area contributed by atoms with Gasteiger partial charge < -0.3 is 0 Å². The van der Waals surface area contributed by atoms with Crippen molar-refractivity contribution in [3.63, 3.8) is 0 Å². The summed E-state index contributed by atoms with van der Waals surface area (Å²) in [4.78, 5) is 15.1. The van der Waals surface area contributed by atoms with Gasteiger partial charge >= 0.3 is 0 Å². The van der Waals surface area contributed by atoms with E-state index in [0.29, 0.717) is 5.78 Å². The number of nitrogens with zero attached hydrogens (tertiary/aromatic N) is 1. The maximum Gasteiger partial charge on any atom is 0.179 e. The summed E-state index contributed by atoms with van der Waals surface area (Å²) in [7, 11) is 0. The second-order valence-electron chi connectivity index (χ2n) is 5.87. The zero-order chi connectivity index (χ0) is 13.2. The molecule has 1 aliphatic heterocycles. The standard InChI is InChI=1S/C17H23NO.ClH/c1-2-16(18-10-3-4-11-18)17(19)15-9-8-13-6-5-7-14(13)12-15;/h8-9,12,16H,2-7,10-11H2,1H3;1H. The Balaban J connectivity index is 0.00000147. The highest BCUT2D eigenvalue weighted by Gasteiger charge is 2.27. The Kier molecular flexibility index (Phi) is 5.22. The number of Topliss-reactive ketones (excluding diaryl/α,β-unsaturated/α-hetero) is 1. The number of aryl methyl sites for hydroxylation is 2. The molecule has 110 valence electrons. The molecule has 3 rings (SSSR count).